The van der Waals surface area contributed by atoms with E-state index in [1.165, 1.54) is 0 Å². The summed E-state index contributed by atoms with van der Waals surface area (Å²) in [6.45, 7) is 1.72. The van der Waals surface area contributed by atoms with E-state index in [1.54, 1.807) is 6.92 Å². The summed E-state index contributed by atoms with van der Waals surface area (Å²) >= 11 is 6.57. The van der Waals surface area contributed by atoms with E-state index >= 15 is 0 Å². The zero-order valence-electron chi connectivity index (χ0n) is 9.96. The molecule has 0 amide bonds. The van der Waals surface area contributed by atoms with E-state index in [4.69, 9.17) is 16.4 Å². The van der Waals surface area contributed by atoms with Gasteiger partial charge in [0.25, 0.3) is 10.0 Å². The van der Waals surface area contributed by atoms with E-state index in [2.05, 4.69) is 9.87 Å². The Labute approximate surface area is 120 Å². The predicted molar refractivity (Wildman–Crippen MR) is 73.4 cm³/mol. The second-order valence-corrected chi connectivity index (χ2v) is 7.12. The average Bonchev–Trinajstić information content (AvgIpc) is 2.70. The lowest BCUT2D eigenvalue weighted by molar-refractivity contribution is 0.0796. The number of nitrogens with zero attached hydrogens (tertiary/aromatic N) is 1. The first kappa shape index (κ1) is 14.4. The fraction of sp³-hybridized carbons (Fsp3) is 0.182. The highest BCUT2D eigenvalue weighted by molar-refractivity contribution is 7.91. The lowest BCUT2D eigenvalue weighted by Gasteiger charge is -2.05. The van der Waals surface area contributed by atoms with Crippen LogP contribution in [0.15, 0.2) is 34.5 Å². The molecule has 0 radical (unpaired) electrons. The normalized spacial score (nSPS) is 11.7. The van der Waals surface area contributed by atoms with Gasteiger partial charge in [-0.2, -0.15) is 0 Å². The third kappa shape index (κ3) is 3.74. The molecule has 0 aliphatic heterocycles. The maximum atomic E-state index is 11.9. The van der Waals surface area contributed by atoms with Crippen molar-refractivity contribution in [3.8, 4) is 0 Å². The number of thiazole rings is 1. The van der Waals surface area contributed by atoms with Crippen molar-refractivity contribution in [2.45, 2.75) is 17.7 Å². The third-order valence-electron chi connectivity index (χ3n) is 2.22. The first-order valence-electron chi connectivity index (χ1n) is 5.29. The molecular weight excluding hydrogens is 308 g/mol. The second-order valence-electron chi connectivity index (χ2n) is 3.70. The Bertz CT molecular complexity index is 656. The van der Waals surface area contributed by atoms with Crippen LogP contribution in [-0.2, 0) is 21.5 Å². The Balaban J connectivity index is 2.01. The smallest absolute Gasteiger partial charge is 0.273 e. The molecule has 0 saturated heterocycles. The second kappa shape index (κ2) is 5.98. The summed E-state index contributed by atoms with van der Waals surface area (Å²) in [4.78, 5) is 10.9. The molecule has 0 spiro atoms. The van der Waals surface area contributed by atoms with Gasteiger partial charge in [0.2, 0.25) is 0 Å². The van der Waals surface area contributed by atoms with Gasteiger partial charge in [0.05, 0.1) is 12.3 Å². The summed E-state index contributed by atoms with van der Waals surface area (Å²) in [7, 11) is -3.74. The minimum absolute atomic E-state index is 0.0607. The molecule has 102 valence electrons. The van der Waals surface area contributed by atoms with E-state index in [0.29, 0.717) is 5.69 Å². The largest absolute Gasteiger partial charge is 0.282 e. The van der Waals surface area contributed by atoms with E-state index in [0.717, 1.165) is 16.9 Å². The monoisotopic (exact) mass is 318 g/mol. The van der Waals surface area contributed by atoms with Crippen LogP contribution in [0, 0.1) is 6.92 Å². The van der Waals surface area contributed by atoms with Crippen molar-refractivity contribution in [1.29, 1.82) is 0 Å². The lowest BCUT2D eigenvalue weighted by Crippen LogP contribution is -2.23. The minimum atomic E-state index is -3.74. The maximum absolute atomic E-state index is 11.9. The fourth-order valence-electron chi connectivity index (χ4n) is 1.40. The summed E-state index contributed by atoms with van der Waals surface area (Å²) in [6.07, 6.45) is 0. The highest BCUT2D eigenvalue weighted by atomic mass is 35.5. The van der Waals surface area contributed by atoms with Crippen LogP contribution >= 0.6 is 22.9 Å². The van der Waals surface area contributed by atoms with Crippen LogP contribution in [0.25, 0.3) is 0 Å². The molecule has 0 saturated carbocycles. The zero-order valence-corrected chi connectivity index (χ0v) is 12.3. The molecule has 2 aromatic rings. The van der Waals surface area contributed by atoms with E-state index in [9.17, 15) is 8.42 Å². The van der Waals surface area contributed by atoms with Crippen molar-refractivity contribution in [3.63, 3.8) is 0 Å². The van der Waals surface area contributed by atoms with Gasteiger partial charge in [0, 0.05) is 0 Å². The zero-order chi connectivity index (χ0) is 13.9. The van der Waals surface area contributed by atoms with Gasteiger partial charge < -0.3 is 0 Å². The van der Waals surface area contributed by atoms with Gasteiger partial charge in [-0.3, -0.25) is 4.84 Å². The van der Waals surface area contributed by atoms with Crippen LogP contribution in [0.5, 0.6) is 0 Å². The van der Waals surface area contributed by atoms with Crippen LogP contribution in [0.3, 0.4) is 0 Å². The van der Waals surface area contributed by atoms with Crippen molar-refractivity contribution >= 4 is 33.0 Å². The van der Waals surface area contributed by atoms with Crippen molar-refractivity contribution < 1.29 is 13.3 Å². The lowest BCUT2D eigenvalue weighted by atomic mass is 10.2. The van der Waals surface area contributed by atoms with Crippen LogP contribution in [-0.4, -0.2) is 13.4 Å². The Hall–Kier alpha value is -0.990. The summed E-state index contributed by atoms with van der Waals surface area (Å²) < 4.78 is 24.1. The highest BCUT2D eigenvalue weighted by Gasteiger charge is 2.21. The summed E-state index contributed by atoms with van der Waals surface area (Å²) in [5.74, 6) is 0. The van der Waals surface area contributed by atoms with E-state index in [-0.39, 0.29) is 15.3 Å². The highest BCUT2D eigenvalue weighted by Crippen LogP contribution is 2.26. The average molecular weight is 319 g/mol. The van der Waals surface area contributed by atoms with E-state index < -0.39 is 10.0 Å². The number of benzene rings is 1. The van der Waals surface area contributed by atoms with Crippen molar-refractivity contribution in [1.82, 2.24) is 9.87 Å². The van der Waals surface area contributed by atoms with Gasteiger partial charge in [-0.25, -0.2) is 13.4 Å². The minimum Gasteiger partial charge on any atom is -0.282 e. The Kier molecular flexibility index (Phi) is 4.54. The Morgan fingerprint density at radius 3 is 2.63 bits per heavy atom. The number of halogens is 1. The molecule has 0 atom stereocenters. The van der Waals surface area contributed by atoms with Crippen molar-refractivity contribution in [2.24, 2.45) is 0 Å². The summed E-state index contributed by atoms with van der Waals surface area (Å²) in [5, 5.41) is 0. The molecular formula is C11H11ClN2O3S2. The van der Waals surface area contributed by atoms with Crippen LogP contribution in [0.1, 0.15) is 11.3 Å². The van der Waals surface area contributed by atoms with Crippen LogP contribution in [0.4, 0.5) is 0 Å². The number of rotatable bonds is 5. The molecule has 1 aromatic carbocycles. The topological polar surface area (TPSA) is 68.3 Å². The number of sulfonamides is 1. The van der Waals surface area contributed by atoms with Gasteiger partial charge in [-0.15, -0.1) is 0 Å². The maximum Gasteiger partial charge on any atom is 0.273 e. The molecule has 1 heterocycles. The molecule has 0 aliphatic rings. The first-order valence-corrected chi connectivity index (χ1v) is 7.97. The summed E-state index contributed by atoms with van der Waals surface area (Å²) in [5.41, 5.74) is 1.22. The number of hydrogen-bond donors (Lipinski definition) is 1. The van der Waals surface area contributed by atoms with Gasteiger partial charge in [0.15, 0.2) is 8.68 Å². The van der Waals surface area contributed by atoms with Gasteiger partial charge in [-0.1, -0.05) is 58.2 Å². The van der Waals surface area contributed by atoms with Crippen molar-refractivity contribution in [3.05, 3.63) is 46.1 Å². The van der Waals surface area contributed by atoms with E-state index in [1.807, 2.05) is 30.3 Å². The predicted octanol–water partition coefficient (Wildman–Crippen LogP) is 2.52. The molecule has 1 aromatic heterocycles. The molecule has 19 heavy (non-hydrogen) atoms. The molecule has 2 rings (SSSR count). The number of aromatic nitrogens is 1. The molecule has 0 fully saturated rings. The standard InChI is InChI=1S/C11H11ClN2O3S2/c1-8-10(18-11(12)13-8)19(15,16)14-17-7-9-5-3-2-4-6-9/h2-6,14H,7H2,1H3. The number of aryl methyl sites for hydroxylation is 1. The Morgan fingerprint density at radius 1 is 1.37 bits per heavy atom. The molecule has 8 heteroatoms. The number of nitrogens with one attached hydrogen (secondary N) is 1. The summed E-state index contributed by atoms with van der Waals surface area (Å²) in [6, 6.07) is 9.24. The first-order chi connectivity index (χ1) is 8.99. The van der Waals surface area contributed by atoms with Crippen molar-refractivity contribution in [2.75, 3.05) is 0 Å². The van der Waals surface area contributed by atoms with Crippen LogP contribution in [0.2, 0.25) is 4.47 Å². The molecule has 0 bridgehead atoms. The number of hydrogen-bond acceptors (Lipinski definition) is 5. The SMILES string of the molecule is Cc1nc(Cl)sc1S(=O)(=O)NOCc1ccccc1. The van der Waals surface area contributed by atoms with Gasteiger partial charge >= 0.3 is 0 Å². The van der Waals surface area contributed by atoms with Gasteiger partial charge in [-0.05, 0) is 12.5 Å². The molecule has 0 unspecified atom stereocenters. The Morgan fingerprint density at radius 2 is 2.05 bits per heavy atom. The quantitative estimate of drug-likeness (QED) is 0.860. The van der Waals surface area contributed by atoms with Gasteiger partial charge in [0.1, 0.15) is 0 Å². The van der Waals surface area contributed by atoms with Crippen LogP contribution < -0.4 is 4.89 Å². The molecule has 1 N–H and O–H groups in total. The molecule has 5 nitrogen and oxygen atoms in total. The fourth-order valence-corrected chi connectivity index (χ4v) is 3.93. The third-order valence-corrected chi connectivity index (χ3v) is 5.31. The molecule has 0 aliphatic carbocycles.